The minimum absolute atomic E-state index is 0.00765. The van der Waals surface area contributed by atoms with Crippen molar-refractivity contribution in [2.45, 2.75) is 32.3 Å². The molecule has 0 aliphatic carbocycles. The molecule has 1 aromatic heterocycles. The van der Waals surface area contributed by atoms with E-state index in [1.165, 1.54) is 10.4 Å². The first-order chi connectivity index (χ1) is 17.4. The molecule has 1 amide bonds. The zero-order valence-electron chi connectivity index (χ0n) is 20.7. The van der Waals surface area contributed by atoms with Crippen LogP contribution in [0.25, 0.3) is 0 Å². The van der Waals surface area contributed by atoms with E-state index in [2.05, 4.69) is 45.4 Å². The topological polar surface area (TPSA) is 73.0 Å². The molecule has 1 saturated heterocycles. The molecular formula is C27H34BClN4O2S. The quantitative estimate of drug-likeness (QED) is 0.395. The van der Waals surface area contributed by atoms with Crippen LogP contribution in [0.3, 0.4) is 0 Å². The van der Waals surface area contributed by atoms with Crippen LogP contribution in [0.4, 0.5) is 5.69 Å². The van der Waals surface area contributed by atoms with Gasteiger partial charge < -0.3 is 25.4 Å². The van der Waals surface area contributed by atoms with Crippen molar-refractivity contribution < 1.29 is 9.82 Å². The lowest BCUT2D eigenvalue weighted by Gasteiger charge is -2.38. The van der Waals surface area contributed by atoms with Gasteiger partial charge in [-0.25, -0.2) is 0 Å². The van der Waals surface area contributed by atoms with Gasteiger partial charge in [-0.2, -0.15) is 0 Å². The summed E-state index contributed by atoms with van der Waals surface area (Å²) in [5.74, 6) is -0.00765. The van der Waals surface area contributed by atoms with E-state index >= 15 is 0 Å². The number of hydrogen-bond acceptors (Lipinski definition) is 6. The molecule has 36 heavy (non-hydrogen) atoms. The van der Waals surface area contributed by atoms with Crippen LogP contribution in [0.2, 0.25) is 11.8 Å². The summed E-state index contributed by atoms with van der Waals surface area (Å²) < 4.78 is 0. The van der Waals surface area contributed by atoms with Gasteiger partial charge in [-0.15, -0.1) is 11.3 Å². The van der Waals surface area contributed by atoms with Crippen LogP contribution >= 0.6 is 22.9 Å². The van der Waals surface area contributed by atoms with Crippen LogP contribution in [0.15, 0.2) is 66.0 Å². The number of hydrogen-bond donors (Lipinski definition) is 2. The number of amides is 1. The number of carbonyl (C=O) groups excluding carboxylic acids is 1. The Morgan fingerprint density at radius 3 is 2.50 bits per heavy atom. The van der Waals surface area contributed by atoms with Crippen molar-refractivity contribution in [1.82, 2.24) is 9.71 Å². The predicted molar refractivity (Wildman–Crippen MR) is 151 cm³/mol. The molecule has 6 nitrogen and oxygen atoms in total. The zero-order chi connectivity index (χ0) is 25.5. The predicted octanol–water partition coefficient (Wildman–Crippen LogP) is 3.78. The number of thiophene rings is 1. The first-order valence-electron chi connectivity index (χ1n) is 12.5. The molecule has 0 unspecified atom stereocenters. The van der Waals surface area contributed by atoms with E-state index in [4.69, 9.17) is 17.3 Å². The third-order valence-electron chi connectivity index (χ3n) is 6.74. The standard InChI is InChI=1S/C27H34BClN4O2S/c1-28(35)33(13-12-24-6-4-18-36-24)20-22-5-2-3-7-26(22)31-14-16-32(17-15-31)27(34)25(30)19-21-8-10-23(29)11-9-21/h2-11,18,25,35H,12-17,19-20,30H2,1H3/t25-/m1/s1. The number of rotatable bonds is 10. The fourth-order valence-corrected chi connectivity index (χ4v) is 5.47. The Morgan fingerprint density at radius 2 is 1.83 bits per heavy atom. The SMILES string of the molecule is CB(O)N(CCc1cccs1)Cc1ccccc1N1CCN(C(=O)[C@H](N)Cc2ccc(Cl)cc2)CC1. The van der Waals surface area contributed by atoms with Crippen molar-refractivity contribution in [2.75, 3.05) is 37.6 Å². The van der Waals surface area contributed by atoms with Gasteiger partial charge in [0.15, 0.2) is 0 Å². The average Bonchev–Trinajstić information content (AvgIpc) is 3.41. The van der Waals surface area contributed by atoms with E-state index in [1.807, 2.05) is 42.1 Å². The summed E-state index contributed by atoms with van der Waals surface area (Å²) in [5.41, 5.74) is 9.63. The molecule has 1 atom stereocenters. The second-order valence-corrected chi connectivity index (χ2v) is 10.8. The minimum Gasteiger partial charge on any atom is -0.437 e. The molecule has 1 fully saturated rings. The molecule has 3 aromatic rings. The third-order valence-corrected chi connectivity index (χ3v) is 7.93. The Kier molecular flexibility index (Phi) is 9.45. The van der Waals surface area contributed by atoms with Gasteiger partial charge in [-0.3, -0.25) is 4.79 Å². The summed E-state index contributed by atoms with van der Waals surface area (Å²) in [7, 11) is -0.533. The van der Waals surface area contributed by atoms with E-state index in [0.29, 0.717) is 31.1 Å². The van der Waals surface area contributed by atoms with Gasteiger partial charge in [0.25, 0.3) is 0 Å². The summed E-state index contributed by atoms with van der Waals surface area (Å²) >= 11 is 7.71. The van der Waals surface area contributed by atoms with Crippen LogP contribution < -0.4 is 10.6 Å². The van der Waals surface area contributed by atoms with Crippen molar-refractivity contribution in [2.24, 2.45) is 5.73 Å². The van der Waals surface area contributed by atoms with Crippen molar-refractivity contribution in [3.8, 4) is 0 Å². The van der Waals surface area contributed by atoms with Gasteiger partial charge in [-0.1, -0.05) is 48.0 Å². The summed E-state index contributed by atoms with van der Waals surface area (Å²) in [5, 5.41) is 13.2. The van der Waals surface area contributed by atoms with Crippen molar-refractivity contribution in [3.63, 3.8) is 0 Å². The van der Waals surface area contributed by atoms with Gasteiger partial charge in [0.05, 0.1) is 6.04 Å². The van der Waals surface area contributed by atoms with Gasteiger partial charge in [0.1, 0.15) is 0 Å². The number of carbonyl (C=O) groups is 1. The zero-order valence-corrected chi connectivity index (χ0v) is 22.3. The van der Waals surface area contributed by atoms with Crippen LogP contribution in [-0.4, -0.2) is 66.5 Å². The monoisotopic (exact) mass is 524 g/mol. The first-order valence-corrected chi connectivity index (χ1v) is 13.7. The lowest BCUT2D eigenvalue weighted by molar-refractivity contribution is -0.132. The fraction of sp³-hybridized carbons (Fsp3) is 0.370. The highest BCUT2D eigenvalue weighted by atomic mass is 35.5. The highest BCUT2D eigenvalue weighted by Crippen LogP contribution is 2.24. The van der Waals surface area contributed by atoms with Gasteiger partial charge in [-0.05, 0) is 67.0 Å². The first kappa shape index (κ1) is 26.7. The molecule has 1 aliphatic heterocycles. The molecule has 0 radical (unpaired) electrons. The van der Waals surface area contributed by atoms with E-state index in [0.717, 1.165) is 37.3 Å². The highest BCUT2D eigenvalue weighted by Gasteiger charge is 2.27. The molecule has 0 spiro atoms. The average molecular weight is 525 g/mol. The lowest BCUT2D eigenvalue weighted by Crippen LogP contribution is -2.54. The summed E-state index contributed by atoms with van der Waals surface area (Å²) in [4.78, 5) is 20.6. The van der Waals surface area contributed by atoms with Gasteiger partial charge in [0, 0.05) is 48.3 Å². The van der Waals surface area contributed by atoms with E-state index in [-0.39, 0.29) is 5.91 Å². The maximum atomic E-state index is 13.0. The molecule has 4 rings (SSSR count). The van der Waals surface area contributed by atoms with Crippen LogP contribution in [0, 0.1) is 0 Å². The Labute approximate surface area is 223 Å². The molecule has 2 heterocycles. The highest BCUT2D eigenvalue weighted by molar-refractivity contribution is 7.09. The van der Waals surface area contributed by atoms with Gasteiger partial charge >= 0.3 is 7.05 Å². The second kappa shape index (κ2) is 12.7. The number of nitrogens with two attached hydrogens (primary N) is 1. The molecule has 190 valence electrons. The number of benzene rings is 2. The normalized spacial score (nSPS) is 14.8. The number of para-hydroxylation sites is 1. The molecule has 9 heteroatoms. The molecule has 3 N–H and O–H groups in total. The Hall–Kier alpha value is -2.36. The van der Waals surface area contributed by atoms with Crippen LogP contribution in [0.1, 0.15) is 16.0 Å². The third kappa shape index (κ3) is 7.11. The Bertz CT molecular complexity index is 1110. The number of piperazine rings is 1. The molecule has 2 aromatic carbocycles. The van der Waals surface area contributed by atoms with E-state index < -0.39 is 13.1 Å². The van der Waals surface area contributed by atoms with Crippen LogP contribution in [-0.2, 0) is 24.2 Å². The fourth-order valence-electron chi connectivity index (χ4n) is 4.64. The molecule has 0 saturated carbocycles. The van der Waals surface area contributed by atoms with Crippen molar-refractivity contribution >= 4 is 41.6 Å². The minimum atomic E-state index is -0.562. The second-order valence-electron chi connectivity index (χ2n) is 9.31. The maximum Gasteiger partial charge on any atom is 0.376 e. The van der Waals surface area contributed by atoms with Crippen LogP contribution in [0.5, 0.6) is 0 Å². The van der Waals surface area contributed by atoms with E-state index in [1.54, 1.807) is 11.3 Å². The number of nitrogens with zero attached hydrogens (tertiary/aromatic N) is 3. The maximum absolute atomic E-state index is 13.0. The van der Waals surface area contributed by atoms with Crippen molar-refractivity contribution in [1.29, 1.82) is 0 Å². The number of anilines is 1. The Morgan fingerprint density at radius 1 is 1.11 bits per heavy atom. The summed E-state index contributed by atoms with van der Waals surface area (Å²) in [6.45, 7) is 6.07. The summed E-state index contributed by atoms with van der Waals surface area (Å²) in [6, 6.07) is 19.5. The summed E-state index contributed by atoms with van der Waals surface area (Å²) in [6.07, 6.45) is 1.42. The number of halogens is 1. The Balaban J connectivity index is 1.34. The smallest absolute Gasteiger partial charge is 0.376 e. The lowest BCUT2D eigenvalue weighted by atomic mass is 9.84. The molecular weight excluding hydrogens is 491 g/mol. The molecule has 0 bridgehead atoms. The van der Waals surface area contributed by atoms with Crippen molar-refractivity contribution in [3.05, 3.63) is 87.1 Å². The molecule has 1 aliphatic rings. The van der Waals surface area contributed by atoms with Gasteiger partial charge in [0.2, 0.25) is 5.91 Å². The largest absolute Gasteiger partial charge is 0.437 e. The van der Waals surface area contributed by atoms with E-state index in [9.17, 15) is 9.82 Å².